The molecular weight excluding hydrogens is 256 g/mol. The van der Waals surface area contributed by atoms with Gasteiger partial charge in [0.1, 0.15) is 0 Å². The molecule has 1 saturated heterocycles. The van der Waals surface area contributed by atoms with Crippen molar-refractivity contribution in [1.82, 2.24) is 4.90 Å². The average molecular weight is 288 g/mol. The van der Waals surface area contributed by atoms with E-state index in [1.54, 1.807) is 0 Å². The molecule has 2 heteroatoms. The van der Waals surface area contributed by atoms with Gasteiger partial charge in [0, 0.05) is 23.7 Å². The van der Waals surface area contributed by atoms with Crippen molar-refractivity contribution in [3.8, 4) is 0 Å². The molecule has 0 spiro atoms. The van der Waals surface area contributed by atoms with Crippen LogP contribution in [0, 0.1) is 5.92 Å². The maximum atomic E-state index is 6.35. The van der Waals surface area contributed by atoms with Crippen molar-refractivity contribution in [3.63, 3.8) is 0 Å². The molecule has 2 atom stereocenters. The van der Waals surface area contributed by atoms with Gasteiger partial charge in [0.25, 0.3) is 0 Å². The van der Waals surface area contributed by atoms with E-state index in [-0.39, 0.29) is 11.6 Å². The van der Waals surface area contributed by atoms with Crippen LogP contribution in [0.3, 0.4) is 0 Å². The average Bonchev–Trinajstić information content (AvgIpc) is 2.72. The molecule has 2 nitrogen and oxygen atoms in total. The third-order valence-corrected chi connectivity index (χ3v) is 4.88. The molecule has 1 aromatic rings. The second-order valence-corrected chi connectivity index (χ2v) is 8.26. The molecule has 0 radical (unpaired) electrons. The number of hydrogen-bond acceptors (Lipinski definition) is 2. The largest absolute Gasteiger partial charge is 0.324 e. The van der Waals surface area contributed by atoms with Crippen LogP contribution in [0.2, 0.25) is 0 Å². The van der Waals surface area contributed by atoms with E-state index < -0.39 is 0 Å². The summed E-state index contributed by atoms with van der Waals surface area (Å²) < 4.78 is 0. The Hall–Kier alpha value is -0.860. The summed E-state index contributed by atoms with van der Waals surface area (Å²) in [7, 11) is 0. The quantitative estimate of drug-likeness (QED) is 0.891. The van der Waals surface area contributed by atoms with Crippen molar-refractivity contribution in [2.24, 2.45) is 11.7 Å². The number of likely N-dealkylation sites (tertiary alicyclic amines) is 1. The second-order valence-electron chi connectivity index (χ2n) is 8.26. The van der Waals surface area contributed by atoms with Gasteiger partial charge in [-0.1, -0.05) is 30.3 Å². The number of nitrogens with two attached hydrogens (primary N) is 1. The molecule has 118 valence electrons. The fraction of sp³-hybridized carbons (Fsp3) is 0.684. The summed E-state index contributed by atoms with van der Waals surface area (Å²) in [6.45, 7) is 13.0. The molecular formula is C19H32N2. The minimum absolute atomic E-state index is 0.179. The van der Waals surface area contributed by atoms with Crippen LogP contribution in [0.15, 0.2) is 30.3 Å². The molecule has 0 saturated carbocycles. The predicted molar refractivity (Wildman–Crippen MR) is 91.2 cm³/mol. The van der Waals surface area contributed by atoms with E-state index in [2.05, 4.69) is 69.9 Å². The number of nitrogens with zero attached hydrogens (tertiary/aromatic N) is 1. The molecule has 2 rings (SSSR count). The zero-order valence-corrected chi connectivity index (χ0v) is 14.4. The molecule has 2 N–H and O–H groups in total. The Morgan fingerprint density at radius 1 is 1.24 bits per heavy atom. The van der Waals surface area contributed by atoms with E-state index in [0.717, 1.165) is 12.3 Å². The summed E-state index contributed by atoms with van der Waals surface area (Å²) in [4.78, 5) is 2.67. The Labute approximate surface area is 130 Å². The maximum absolute atomic E-state index is 6.35. The van der Waals surface area contributed by atoms with E-state index in [1.165, 1.54) is 24.9 Å². The van der Waals surface area contributed by atoms with Gasteiger partial charge in [-0.2, -0.15) is 0 Å². The lowest BCUT2D eigenvalue weighted by Gasteiger charge is -2.42. The van der Waals surface area contributed by atoms with Gasteiger partial charge >= 0.3 is 0 Å². The minimum atomic E-state index is 0.179. The highest BCUT2D eigenvalue weighted by molar-refractivity contribution is 5.18. The van der Waals surface area contributed by atoms with E-state index >= 15 is 0 Å². The number of benzene rings is 1. The minimum Gasteiger partial charge on any atom is -0.324 e. The fourth-order valence-corrected chi connectivity index (χ4v) is 4.04. The van der Waals surface area contributed by atoms with E-state index in [9.17, 15) is 0 Å². The normalized spacial score (nSPS) is 24.2. The molecule has 1 aromatic carbocycles. The van der Waals surface area contributed by atoms with Gasteiger partial charge < -0.3 is 5.73 Å². The van der Waals surface area contributed by atoms with Crippen LogP contribution < -0.4 is 5.73 Å². The first-order valence-corrected chi connectivity index (χ1v) is 8.28. The number of hydrogen-bond donors (Lipinski definition) is 1. The van der Waals surface area contributed by atoms with Crippen LogP contribution in [0.5, 0.6) is 0 Å². The van der Waals surface area contributed by atoms with Crippen LogP contribution in [0.4, 0.5) is 0 Å². The third kappa shape index (κ3) is 4.08. The van der Waals surface area contributed by atoms with Crippen molar-refractivity contribution in [1.29, 1.82) is 0 Å². The lowest BCUT2D eigenvalue weighted by molar-refractivity contribution is 0.0669. The first kappa shape index (κ1) is 16.5. The third-order valence-electron chi connectivity index (χ3n) is 4.88. The summed E-state index contributed by atoms with van der Waals surface area (Å²) in [5.74, 6) is 0.772. The van der Waals surface area contributed by atoms with E-state index in [4.69, 9.17) is 5.73 Å². The second kappa shape index (κ2) is 6.10. The molecule has 0 amide bonds. The molecule has 1 aliphatic rings. The molecule has 0 bridgehead atoms. The Morgan fingerprint density at radius 2 is 1.86 bits per heavy atom. The SMILES string of the molecule is CC(C)(C)N1CC(CCC(N)c2ccccc2)CC1(C)C. The first-order chi connectivity index (χ1) is 9.70. The van der Waals surface area contributed by atoms with Gasteiger partial charge in [0.2, 0.25) is 0 Å². The van der Waals surface area contributed by atoms with Crippen LogP contribution in [0.25, 0.3) is 0 Å². The molecule has 2 unspecified atom stereocenters. The van der Waals surface area contributed by atoms with Crippen molar-refractivity contribution in [2.45, 2.75) is 71.0 Å². The van der Waals surface area contributed by atoms with Gasteiger partial charge in [-0.3, -0.25) is 4.90 Å². The van der Waals surface area contributed by atoms with Gasteiger partial charge in [0.15, 0.2) is 0 Å². The zero-order valence-electron chi connectivity index (χ0n) is 14.4. The summed E-state index contributed by atoms with van der Waals surface area (Å²) in [5.41, 5.74) is 8.17. The lowest BCUT2D eigenvalue weighted by Crippen LogP contribution is -2.50. The maximum Gasteiger partial charge on any atom is 0.0294 e. The Bertz CT molecular complexity index is 444. The van der Waals surface area contributed by atoms with Gasteiger partial charge in [0.05, 0.1) is 0 Å². The smallest absolute Gasteiger partial charge is 0.0294 e. The Kier molecular flexibility index (Phi) is 4.79. The number of rotatable bonds is 4. The predicted octanol–water partition coefficient (Wildman–Crippen LogP) is 4.37. The highest BCUT2D eigenvalue weighted by Crippen LogP contribution is 2.40. The molecule has 0 aliphatic carbocycles. The molecule has 0 aromatic heterocycles. The summed E-state index contributed by atoms with van der Waals surface area (Å²) >= 11 is 0. The summed E-state index contributed by atoms with van der Waals surface area (Å²) in [5, 5.41) is 0. The molecule has 21 heavy (non-hydrogen) atoms. The van der Waals surface area contributed by atoms with E-state index in [1.807, 2.05) is 0 Å². The lowest BCUT2D eigenvalue weighted by atomic mass is 9.90. The summed E-state index contributed by atoms with van der Waals surface area (Å²) in [6.07, 6.45) is 3.60. The van der Waals surface area contributed by atoms with Crippen molar-refractivity contribution >= 4 is 0 Å². The summed E-state index contributed by atoms with van der Waals surface area (Å²) in [6, 6.07) is 10.7. The Morgan fingerprint density at radius 3 is 2.38 bits per heavy atom. The van der Waals surface area contributed by atoms with Crippen molar-refractivity contribution in [2.75, 3.05) is 6.54 Å². The molecule has 1 heterocycles. The van der Waals surface area contributed by atoms with Gasteiger partial charge in [-0.15, -0.1) is 0 Å². The van der Waals surface area contributed by atoms with Crippen molar-refractivity contribution < 1.29 is 0 Å². The van der Waals surface area contributed by atoms with Crippen LogP contribution in [-0.4, -0.2) is 22.5 Å². The Balaban J connectivity index is 1.91. The highest BCUT2D eigenvalue weighted by atomic mass is 15.3. The molecule has 1 fully saturated rings. The first-order valence-electron chi connectivity index (χ1n) is 8.28. The standard InChI is InChI=1S/C19H32N2/c1-18(2,3)21-14-15(13-19(21,4)5)11-12-17(20)16-9-7-6-8-10-16/h6-10,15,17H,11-14,20H2,1-5H3. The van der Waals surface area contributed by atoms with E-state index in [0.29, 0.717) is 5.54 Å². The zero-order chi connectivity index (χ0) is 15.7. The van der Waals surface area contributed by atoms with Crippen LogP contribution in [-0.2, 0) is 0 Å². The van der Waals surface area contributed by atoms with Crippen molar-refractivity contribution in [3.05, 3.63) is 35.9 Å². The monoisotopic (exact) mass is 288 g/mol. The fourth-order valence-electron chi connectivity index (χ4n) is 4.04. The van der Waals surface area contributed by atoms with Gasteiger partial charge in [-0.25, -0.2) is 0 Å². The topological polar surface area (TPSA) is 29.3 Å². The van der Waals surface area contributed by atoms with Crippen LogP contribution >= 0.6 is 0 Å². The van der Waals surface area contributed by atoms with Crippen LogP contribution in [0.1, 0.15) is 65.5 Å². The highest BCUT2D eigenvalue weighted by Gasteiger charge is 2.43. The molecule has 1 aliphatic heterocycles. The van der Waals surface area contributed by atoms with Gasteiger partial charge in [-0.05, 0) is 65.4 Å².